The van der Waals surface area contributed by atoms with Crippen LogP contribution in [0.3, 0.4) is 0 Å². The zero-order valence-electron chi connectivity index (χ0n) is 13.9. The van der Waals surface area contributed by atoms with Crippen molar-refractivity contribution in [3.63, 3.8) is 0 Å². The number of nitrogens with one attached hydrogen (secondary N) is 1. The first-order valence-corrected chi connectivity index (χ1v) is 8.19. The van der Waals surface area contributed by atoms with E-state index in [0.717, 1.165) is 6.42 Å². The number of anilines is 1. The second kappa shape index (κ2) is 7.00. The minimum absolute atomic E-state index is 0.000875. The van der Waals surface area contributed by atoms with Gasteiger partial charge in [-0.05, 0) is 25.3 Å². The lowest BCUT2D eigenvalue weighted by molar-refractivity contribution is -0.137. The van der Waals surface area contributed by atoms with E-state index in [2.05, 4.69) is 5.32 Å². The van der Waals surface area contributed by atoms with Crippen molar-refractivity contribution in [2.24, 2.45) is 0 Å². The first kappa shape index (κ1) is 17.1. The molecule has 2 amide bonds. The summed E-state index contributed by atoms with van der Waals surface area (Å²) < 4.78 is 10.9. The molecule has 1 fully saturated rings. The summed E-state index contributed by atoms with van der Waals surface area (Å²) >= 11 is 0. The van der Waals surface area contributed by atoms with E-state index in [4.69, 9.17) is 14.6 Å². The Hall–Kier alpha value is -2.77. The maximum atomic E-state index is 12.8. The van der Waals surface area contributed by atoms with Gasteiger partial charge in [0, 0.05) is 19.0 Å². The molecule has 1 atom stereocenters. The summed E-state index contributed by atoms with van der Waals surface area (Å²) in [5, 5.41) is 11.5. The zero-order valence-corrected chi connectivity index (χ0v) is 13.9. The molecule has 3 rings (SSSR count). The number of hydrogen-bond donors (Lipinski definition) is 2. The van der Waals surface area contributed by atoms with Crippen LogP contribution in [0.15, 0.2) is 12.1 Å². The normalized spacial score (nSPS) is 18.9. The number of amides is 2. The highest BCUT2D eigenvalue weighted by Crippen LogP contribution is 2.37. The molecule has 0 aromatic heterocycles. The zero-order chi connectivity index (χ0) is 18.0. The fourth-order valence-electron chi connectivity index (χ4n) is 3.17. The molecule has 2 heterocycles. The van der Waals surface area contributed by atoms with E-state index in [9.17, 15) is 14.4 Å². The Balaban J connectivity index is 1.86. The molecule has 1 saturated heterocycles. The second-order valence-electron chi connectivity index (χ2n) is 6.04. The lowest BCUT2D eigenvalue weighted by atomic mass is 10.1. The Morgan fingerprint density at radius 2 is 2.16 bits per heavy atom. The molecule has 1 aromatic carbocycles. The molecule has 2 aliphatic rings. The third-order valence-corrected chi connectivity index (χ3v) is 4.40. The summed E-state index contributed by atoms with van der Waals surface area (Å²) in [6.45, 7) is 0.754. The van der Waals surface area contributed by atoms with Gasteiger partial charge in [0.15, 0.2) is 11.5 Å². The molecule has 8 nitrogen and oxygen atoms in total. The summed E-state index contributed by atoms with van der Waals surface area (Å²) in [6.07, 6.45) is 1.80. The number of nitrogens with zero attached hydrogens (tertiary/aromatic N) is 1. The van der Waals surface area contributed by atoms with E-state index >= 15 is 0 Å². The van der Waals surface area contributed by atoms with Crippen LogP contribution in [-0.4, -0.2) is 54.1 Å². The number of carboxylic acid groups (broad SMARTS) is 1. The second-order valence-corrected chi connectivity index (χ2v) is 6.04. The fraction of sp³-hybridized carbons (Fsp3) is 0.471. The van der Waals surface area contributed by atoms with Gasteiger partial charge in [-0.15, -0.1) is 0 Å². The smallest absolute Gasteiger partial charge is 0.303 e. The Morgan fingerprint density at radius 1 is 1.36 bits per heavy atom. The van der Waals surface area contributed by atoms with Crippen LogP contribution in [0.4, 0.5) is 5.69 Å². The lowest BCUT2D eigenvalue weighted by Crippen LogP contribution is -2.40. The molecule has 0 bridgehead atoms. The van der Waals surface area contributed by atoms with Crippen LogP contribution in [0.5, 0.6) is 11.5 Å². The Kier molecular flexibility index (Phi) is 4.78. The van der Waals surface area contributed by atoms with Gasteiger partial charge in [-0.1, -0.05) is 0 Å². The van der Waals surface area contributed by atoms with Crippen molar-refractivity contribution in [2.75, 3.05) is 25.6 Å². The molecule has 2 N–H and O–H groups in total. The average Bonchev–Trinajstić information content (AvgIpc) is 3.04. The van der Waals surface area contributed by atoms with Crippen LogP contribution < -0.4 is 14.8 Å². The van der Waals surface area contributed by atoms with Crippen LogP contribution in [0.25, 0.3) is 0 Å². The van der Waals surface area contributed by atoms with Gasteiger partial charge in [0.05, 0.1) is 25.0 Å². The quantitative estimate of drug-likeness (QED) is 0.755. The summed E-state index contributed by atoms with van der Waals surface area (Å²) in [5.41, 5.74) is 0.755. The molecular weight excluding hydrogens is 328 g/mol. The van der Waals surface area contributed by atoms with E-state index in [0.29, 0.717) is 42.1 Å². The molecule has 0 radical (unpaired) electrons. The topological polar surface area (TPSA) is 105 Å². The van der Waals surface area contributed by atoms with E-state index < -0.39 is 12.0 Å². The Morgan fingerprint density at radius 3 is 2.88 bits per heavy atom. The van der Waals surface area contributed by atoms with Crippen molar-refractivity contribution >= 4 is 23.5 Å². The van der Waals surface area contributed by atoms with Gasteiger partial charge in [-0.3, -0.25) is 14.4 Å². The third-order valence-electron chi connectivity index (χ3n) is 4.40. The predicted molar refractivity (Wildman–Crippen MR) is 88.0 cm³/mol. The van der Waals surface area contributed by atoms with Gasteiger partial charge in [-0.25, -0.2) is 0 Å². The largest absolute Gasteiger partial charge is 0.493 e. The minimum atomic E-state index is -0.893. The number of carbonyl (C=O) groups is 3. The van der Waals surface area contributed by atoms with Crippen molar-refractivity contribution in [3.05, 3.63) is 17.7 Å². The summed E-state index contributed by atoms with van der Waals surface area (Å²) in [7, 11) is 1.46. The Labute approximate surface area is 144 Å². The Bertz CT molecular complexity index is 717. The number of rotatable bonds is 6. The van der Waals surface area contributed by atoms with Gasteiger partial charge in [-0.2, -0.15) is 0 Å². The molecular formula is C17H20N2O6. The maximum absolute atomic E-state index is 12.8. The van der Waals surface area contributed by atoms with Crippen molar-refractivity contribution in [2.45, 2.75) is 31.7 Å². The number of aliphatic carboxylic acids is 1. The summed E-state index contributed by atoms with van der Waals surface area (Å²) in [5.74, 6) is -0.565. The monoisotopic (exact) mass is 348 g/mol. The van der Waals surface area contributed by atoms with Gasteiger partial charge >= 0.3 is 5.97 Å². The molecule has 1 aromatic rings. The molecule has 0 aliphatic carbocycles. The SMILES string of the molecule is COc1cc2c(cc1OCCCC(=O)O)NC(=O)[C@@H]1CCCN1C2=O. The fourth-order valence-corrected chi connectivity index (χ4v) is 3.17. The first-order valence-electron chi connectivity index (χ1n) is 8.19. The maximum Gasteiger partial charge on any atom is 0.303 e. The van der Waals surface area contributed by atoms with Crippen LogP contribution in [0.2, 0.25) is 0 Å². The van der Waals surface area contributed by atoms with Crippen molar-refractivity contribution in [1.29, 1.82) is 0 Å². The van der Waals surface area contributed by atoms with Gasteiger partial charge < -0.3 is 24.8 Å². The van der Waals surface area contributed by atoms with E-state index in [-0.39, 0.29) is 24.8 Å². The molecule has 2 aliphatic heterocycles. The van der Waals surface area contributed by atoms with Crippen molar-refractivity contribution < 1.29 is 29.0 Å². The highest BCUT2D eigenvalue weighted by Gasteiger charge is 2.38. The van der Waals surface area contributed by atoms with E-state index in [1.165, 1.54) is 7.11 Å². The average molecular weight is 348 g/mol. The van der Waals surface area contributed by atoms with Crippen LogP contribution in [0, 0.1) is 0 Å². The number of fused-ring (bicyclic) bond motifs is 2. The standard InChI is InChI=1S/C17H20N2O6/c1-24-13-8-10-11(9-14(13)25-7-3-5-15(20)21)18-16(22)12-4-2-6-19(12)17(10)23/h8-9,12H,2-7H2,1H3,(H,18,22)(H,20,21)/t12-/m0/s1. The molecule has 0 spiro atoms. The lowest BCUT2D eigenvalue weighted by Gasteiger charge is -2.20. The first-order chi connectivity index (χ1) is 12.0. The van der Waals surface area contributed by atoms with E-state index in [1.807, 2.05) is 0 Å². The van der Waals surface area contributed by atoms with E-state index in [1.54, 1.807) is 17.0 Å². The summed E-state index contributed by atoms with van der Waals surface area (Å²) in [6, 6.07) is 2.68. The molecule has 0 unspecified atom stereocenters. The minimum Gasteiger partial charge on any atom is -0.493 e. The van der Waals surface area contributed by atoms with Crippen molar-refractivity contribution in [1.82, 2.24) is 4.90 Å². The van der Waals surface area contributed by atoms with Crippen molar-refractivity contribution in [3.8, 4) is 11.5 Å². The van der Waals surface area contributed by atoms with Gasteiger partial charge in [0.2, 0.25) is 5.91 Å². The number of carboxylic acids is 1. The number of hydrogen-bond acceptors (Lipinski definition) is 5. The highest BCUT2D eigenvalue weighted by molar-refractivity contribution is 6.10. The van der Waals surface area contributed by atoms with Crippen LogP contribution in [-0.2, 0) is 9.59 Å². The van der Waals surface area contributed by atoms with Crippen LogP contribution >= 0.6 is 0 Å². The van der Waals surface area contributed by atoms with Gasteiger partial charge in [0.1, 0.15) is 6.04 Å². The molecule has 0 saturated carbocycles. The predicted octanol–water partition coefficient (Wildman–Crippen LogP) is 1.50. The number of methoxy groups -OCH3 is 1. The number of ether oxygens (including phenoxy) is 2. The highest BCUT2D eigenvalue weighted by atomic mass is 16.5. The molecule has 8 heteroatoms. The summed E-state index contributed by atoms with van der Waals surface area (Å²) in [4.78, 5) is 37.3. The van der Waals surface area contributed by atoms with Gasteiger partial charge in [0.25, 0.3) is 5.91 Å². The van der Waals surface area contributed by atoms with Crippen LogP contribution in [0.1, 0.15) is 36.0 Å². The third kappa shape index (κ3) is 3.38. The molecule has 134 valence electrons. The number of benzene rings is 1. The molecule has 25 heavy (non-hydrogen) atoms. The number of carbonyl (C=O) groups excluding carboxylic acids is 2.